The van der Waals surface area contributed by atoms with Gasteiger partial charge in [0.2, 0.25) is 0 Å². The quantitative estimate of drug-likeness (QED) is 0.180. The van der Waals surface area contributed by atoms with Gasteiger partial charge < -0.3 is 9.47 Å². The van der Waals surface area contributed by atoms with Crippen LogP contribution in [0.2, 0.25) is 5.02 Å². The molecule has 0 N–H and O–H groups in total. The van der Waals surface area contributed by atoms with Crippen LogP contribution in [0.25, 0.3) is 0 Å². The number of rotatable bonds is 8. The molecule has 5 nitrogen and oxygen atoms in total. The van der Waals surface area contributed by atoms with Gasteiger partial charge in [0.05, 0.1) is 31.7 Å². The summed E-state index contributed by atoms with van der Waals surface area (Å²) in [5.74, 6) is 1.35. The number of benzodiazepines with no additional fused rings is 1. The average molecular weight is 601 g/mol. The summed E-state index contributed by atoms with van der Waals surface area (Å²) in [6.45, 7) is 1.94. The van der Waals surface area contributed by atoms with E-state index < -0.39 is 11.6 Å². The number of nitrogens with zero attached hydrogens (tertiary/aromatic N) is 2. The Bertz CT molecular complexity index is 1740. The molecule has 6 heteroatoms. The third-order valence-electron chi connectivity index (χ3n) is 8.07. The van der Waals surface area contributed by atoms with E-state index in [0.29, 0.717) is 11.4 Å². The third-order valence-corrected chi connectivity index (χ3v) is 8.31. The lowest BCUT2D eigenvalue weighted by Crippen LogP contribution is -2.49. The van der Waals surface area contributed by atoms with E-state index in [1.165, 1.54) is 0 Å². The number of fused-ring (bicyclic) bond motifs is 1. The number of benzene rings is 5. The van der Waals surface area contributed by atoms with Crippen molar-refractivity contribution < 1.29 is 14.3 Å². The first-order valence-corrected chi connectivity index (χ1v) is 14.9. The first-order valence-electron chi connectivity index (χ1n) is 14.5. The minimum atomic E-state index is -1.14. The molecule has 0 aliphatic carbocycles. The molecule has 220 valence electrons. The SMILES string of the molecule is COc1ccc(C(c2ccc(OC)cc2)N2C(=O)[C@@](C)(Cc3ccccc3)N=C(c3ccccc3)c3cc(Cl)ccc32)cc1. The molecule has 1 amide bonds. The van der Waals surface area contributed by atoms with Crippen LogP contribution < -0.4 is 14.4 Å². The van der Waals surface area contributed by atoms with Crippen LogP contribution in [0.4, 0.5) is 5.69 Å². The van der Waals surface area contributed by atoms with Gasteiger partial charge >= 0.3 is 0 Å². The molecule has 0 spiro atoms. The number of methoxy groups -OCH3 is 2. The predicted octanol–water partition coefficient (Wildman–Crippen LogP) is 8.33. The standard InChI is InChI=1S/C38H33ClN2O3/c1-38(25-26-10-6-4-7-11-26)37(42)41(34-23-18-30(39)24-33(34)35(40-38)27-12-8-5-9-13-27)36(28-14-19-31(43-2)20-15-28)29-16-21-32(44-3)22-17-29/h4-24,36H,25H2,1-3H3/t38-/m1/s1. The van der Waals surface area contributed by atoms with Crippen molar-refractivity contribution in [3.8, 4) is 11.5 Å². The lowest BCUT2D eigenvalue weighted by atomic mass is 9.89. The average Bonchev–Trinajstić information content (AvgIpc) is 3.15. The van der Waals surface area contributed by atoms with Crippen molar-refractivity contribution in [3.63, 3.8) is 0 Å². The van der Waals surface area contributed by atoms with Crippen molar-refractivity contribution in [3.05, 3.63) is 160 Å². The topological polar surface area (TPSA) is 51.1 Å². The van der Waals surface area contributed by atoms with Crippen LogP contribution in [0.5, 0.6) is 11.5 Å². The minimum Gasteiger partial charge on any atom is -0.497 e. The number of ether oxygens (including phenoxy) is 2. The maximum Gasteiger partial charge on any atom is 0.255 e. The lowest BCUT2D eigenvalue weighted by molar-refractivity contribution is -0.123. The molecule has 1 aliphatic rings. The summed E-state index contributed by atoms with van der Waals surface area (Å²) < 4.78 is 10.9. The maximum atomic E-state index is 15.3. The highest BCUT2D eigenvalue weighted by molar-refractivity contribution is 6.32. The molecule has 0 bridgehead atoms. The molecule has 0 fully saturated rings. The minimum absolute atomic E-state index is 0.118. The van der Waals surface area contributed by atoms with Crippen molar-refractivity contribution in [2.45, 2.75) is 24.9 Å². The van der Waals surface area contributed by atoms with Gasteiger partial charge in [0.15, 0.2) is 0 Å². The van der Waals surface area contributed by atoms with Crippen LogP contribution in [0.3, 0.4) is 0 Å². The molecular weight excluding hydrogens is 568 g/mol. The van der Waals surface area contributed by atoms with Gasteiger partial charge in [-0.1, -0.05) is 96.5 Å². The van der Waals surface area contributed by atoms with Crippen molar-refractivity contribution in [1.82, 2.24) is 0 Å². The van der Waals surface area contributed by atoms with Gasteiger partial charge in [-0.15, -0.1) is 0 Å². The van der Waals surface area contributed by atoms with Gasteiger partial charge in [0.25, 0.3) is 5.91 Å². The number of anilines is 1. The van der Waals surface area contributed by atoms with E-state index in [9.17, 15) is 0 Å². The van der Waals surface area contributed by atoms with E-state index in [1.54, 1.807) is 14.2 Å². The summed E-state index contributed by atoms with van der Waals surface area (Å²) in [5, 5.41) is 0.567. The molecule has 0 aromatic heterocycles. The normalized spacial score (nSPS) is 16.2. The van der Waals surface area contributed by atoms with Crippen LogP contribution in [0.15, 0.2) is 132 Å². The molecule has 1 heterocycles. The van der Waals surface area contributed by atoms with E-state index in [2.05, 4.69) is 0 Å². The summed E-state index contributed by atoms with van der Waals surface area (Å²) in [6.07, 6.45) is 0.416. The molecule has 5 aromatic carbocycles. The largest absolute Gasteiger partial charge is 0.497 e. The second-order valence-electron chi connectivity index (χ2n) is 11.0. The zero-order valence-electron chi connectivity index (χ0n) is 24.9. The number of carbonyl (C=O) groups excluding carboxylic acids is 1. The van der Waals surface area contributed by atoms with Crippen molar-refractivity contribution in [2.75, 3.05) is 19.1 Å². The molecule has 5 aromatic rings. The van der Waals surface area contributed by atoms with E-state index in [-0.39, 0.29) is 5.91 Å². The maximum absolute atomic E-state index is 15.3. The van der Waals surface area contributed by atoms with E-state index in [0.717, 1.165) is 50.7 Å². The number of carbonyl (C=O) groups is 1. The van der Waals surface area contributed by atoms with Gasteiger partial charge in [0.1, 0.15) is 17.0 Å². The second-order valence-corrected chi connectivity index (χ2v) is 11.5. The molecule has 1 atom stereocenters. The van der Waals surface area contributed by atoms with E-state index >= 15 is 4.79 Å². The Morgan fingerprint density at radius 3 is 1.84 bits per heavy atom. The summed E-state index contributed by atoms with van der Waals surface area (Å²) in [7, 11) is 3.29. The number of hydrogen-bond acceptors (Lipinski definition) is 4. The Morgan fingerprint density at radius 2 is 1.30 bits per heavy atom. The van der Waals surface area contributed by atoms with Crippen molar-refractivity contribution in [2.24, 2.45) is 4.99 Å². The molecular formula is C38H33ClN2O3. The number of aliphatic imine (C=N–C) groups is 1. The van der Waals surface area contributed by atoms with Gasteiger partial charge in [-0.05, 0) is 66.1 Å². The van der Waals surface area contributed by atoms with Gasteiger partial charge in [-0.2, -0.15) is 0 Å². The van der Waals surface area contributed by atoms with Crippen molar-refractivity contribution >= 4 is 28.9 Å². The number of amides is 1. The van der Waals surface area contributed by atoms with Crippen LogP contribution in [0.1, 0.15) is 40.8 Å². The lowest BCUT2D eigenvalue weighted by Gasteiger charge is -2.37. The fourth-order valence-corrected chi connectivity index (χ4v) is 6.05. The summed E-state index contributed by atoms with van der Waals surface area (Å²) in [6, 6.07) is 41.0. The second kappa shape index (κ2) is 12.4. The number of hydrogen-bond donors (Lipinski definition) is 0. The summed E-state index contributed by atoms with van der Waals surface area (Å²) in [4.78, 5) is 22.5. The molecule has 44 heavy (non-hydrogen) atoms. The molecule has 0 unspecified atom stereocenters. The van der Waals surface area contributed by atoms with Crippen LogP contribution in [-0.4, -0.2) is 31.4 Å². The highest BCUT2D eigenvalue weighted by Crippen LogP contribution is 2.42. The van der Waals surface area contributed by atoms with Crippen LogP contribution in [0, 0.1) is 0 Å². The smallest absolute Gasteiger partial charge is 0.255 e. The monoisotopic (exact) mass is 600 g/mol. The fraction of sp³-hybridized carbons (Fsp3) is 0.158. The summed E-state index contributed by atoms with van der Waals surface area (Å²) >= 11 is 6.66. The highest BCUT2D eigenvalue weighted by Gasteiger charge is 2.44. The van der Waals surface area contributed by atoms with Crippen molar-refractivity contribution in [1.29, 1.82) is 0 Å². The fourth-order valence-electron chi connectivity index (χ4n) is 5.88. The first-order chi connectivity index (χ1) is 21.4. The Hall–Kier alpha value is -4.87. The number of halogens is 1. The summed E-state index contributed by atoms with van der Waals surface area (Å²) in [5.41, 5.74) is 4.89. The van der Waals surface area contributed by atoms with Gasteiger partial charge in [-0.3, -0.25) is 14.7 Å². The van der Waals surface area contributed by atoms with E-state index in [4.69, 9.17) is 26.1 Å². The van der Waals surface area contributed by atoms with E-state index in [1.807, 2.05) is 139 Å². The highest BCUT2D eigenvalue weighted by atomic mass is 35.5. The Morgan fingerprint density at radius 1 is 0.750 bits per heavy atom. The molecule has 0 saturated heterocycles. The molecule has 0 saturated carbocycles. The van der Waals surface area contributed by atoms with Gasteiger partial charge in [-0.25, -0.2) is 0 Å². The Balaban J connectivity index is 1.63. The Labute approximate surface area is 263 Å². The van der Waals surface area contributed by atoms with Crippen LogP contribution >= 0.6 is 11.6 Å². The third kappa shape index (κ3) is 5.71. The van der Waals surface area contributed by atoms with Crippen LogP contribution in [-0.2, 0) is 11.2 Å². The predicted molar refractivity (Wildman–Crippen MR) is 177 cm³/mol. The van der Waals surface area contributed by atoms with Gasteiger partial charge in [0, 0.05) is 22.6 Å². The zero-order chi connectivity index (χ0) is 30.7. The molecule has 0 radical (unpaired) electrons. The Kier molecular flexibility index (Phi) is 8.23. The molecule has 6 rings (SSSR count). The zero-order valence-corrected chi connectivity index (χ0v) is 25.7. The first kappa shape index (κ1) is 29.2. The molecule has 1 aliphatic heterocycles.